The first kappa shape index (κ1) is 15.0. The average molecular weight is 305 g/mol. The minimum Gasteiger partial charge on any atom is -0.479 e. The van der Waals surface area contributed by atoms with Gasteiger partial charge in [0.1, 0.15) is 5.01 Å². The number of aromatic nitrogens is 1. The van der Waals surface area contributed by atoms with E-state index in [2.05, 4.69) is 15.6 Å². The van der Waals surface area contributed by atoms with Crippen molar-refractivity contribution in [2.24, 2.45) is 0 Å². The first-order valence-electron chi connectivity index (χ1n) is 6.32. The van der Waals surface area contributed by atoms with Crippen molar-refractivity contribution >= 4 is 23.3 Å². The lowest BCUT2D eigenvalue weighted by atomic mass is 10.1. The molecule has 0 radical (unpaired) electrons. The topological polar surface area (TPSA) is 91.3 Å². The van der Waals surface area contributed by atoms with Crippen molar-refractivity contribution in [3.05, 3.63) is 52.5 Å². The predicted octanol–water partition coefficient (Wildman–Crippen LogP) is 2.33. The summed E-state index contributed by atoms with van der Waals surface area (Å²) in [6.07, 6.45) is 1.65. The number of thiazole rings is 1. The van der Waals surface area contributed by atoms with Crippen LogP contribution in [0, 0.1) is 0 Å². The maximum absolute atomic E-state index is 11.9. The number of carbonyl (C=O) groups excluding carboxylic acids is 1. The number of carboxylic acid groups (broad SMARTS) is 1. The quantitative estimate of drug-likeness (QED) is 0.790. The second-order valence-electron chi connectivity index (χ2n) is 4.39. The number of nitrogens with one attached hydrogen (secondary N) is 2. The van der Waals surface area contributed by atoms with E-state index < -0.39 is 18.0 Å². The number of nitrogens with zero attached hydrogens (tertiary/aromatic N) is 1. The molecule has 110 valence electrons. The van der Waals surface area contributed by atoms with Crippen LogP contribution in [0.5, 0.6) is 0 Å². The van der Waals surface area contributed by atoms with Crippen LogP contribution in [0.3, 0.4) is 0 Å². The number of amides is 2. The van der Waals surface area contributed by atoms with Gasteiger partial charge in [-0.3, -0.25) is 0 Å². The molecule has 0 bridgehead atoms. The highest BCUT2D eigenvalue weighted by Gasteiger charge is 2.22. The molecule has 2 atom stereocenters. The van der Waals surface area contributed by atoms with Crippen LogP contribution in [-0.4, -0.2) is 22.1 Å². The maximum atomic E-state index is 11.9. The van der Waals surface area contributed by atoms with Crippen molar-refractivity contribution in [3.8, 4) is 0 Å². The molecule has 0 aliphatic carbocycles. The average Bonchev–Trinajstić information content (AvgIpc) is 2.99. The molecule has 21 heavy (non-hydrogen) atoms. The van der Waals surface area contributed by atoms with Gasteiger partial charge in [-0.1, -0.05) is 30.3 Å². The molecule has 1 aromatic heterocycles. The van der Waals surface area contributed by atoms with E-state index in [1.54, 1.807) is 43.5 Å². The lowest BCUT2D eigenvalue weighted by molar-refractivity contribution is -0.139. The summed E-state index contributed by atoms with van der Waals surface area (Å²) in [7, 11) is 0. The fourth-order valence-corrected chi connectivity index (χ4v) is 2.46. The summed E-state index contributed by atoms with van der Waals surface area (Å²) >= 11 is 1.42. The largest absolute Gasteiger partial charge is 0.479 e. The molecule has 2 amide bonds. The molecule has 7 heteroatoms. The fourth-order valence-electron chi connectivity index (χ4n) is 1.81. The monoisotopic (exact) mass is 305 g/mol. The van der Waals surface area contributed by atoms with Crippen LogP contribution in [0.25, 0.3) is 0 Å². The Kier molecular flexibility index (Phi) is 4.89. The van der Waals surface area contributed by atoms with Crippen LogP contribution in [-0.2, 0) is 4.79 Å². The molecule has 0 spiro atoms. The summed E-state index contributed by atoms with van der Waals surface area (Å²) in [5, 5.41) is 16.9. The normalized spacial score (nSPS) is 13.2. The number of urea groups is 1. The van der Waals surface area contributed by atoms with Gasteiger partial charge in [-0.2, -0.15) is 0 Å². The van der Waals surface area contributed by atoms with Crippen molar-refractivity contribution in [2.45, 2.75) is 19.0 Å². The van der Waals surface area contributed by atoms with Crippen LogP contribution in [0.15, 0.2) is 41.9 Å². The third-order valence-corrected chi connectivity index (χ3v) is 3.78. The molecule has 0 aliphatic heterocycles. The molecule has 1 heterocycles. The first-order valence-corrected chi connectivity index (χ1v) is 7.20. The smallest absolute Gasteiger partial charge is 0.330 e. The Bertz CT molecular complexity index is 601. The van der Waals surface area contributed by atoms with Gasteiger partial charge in [-0.15, -0.1) is 11.3 Å². The van der Waals surface area contributed by atoms with E-state index in [0.29, 0.717) is 5.56 Å². The van der Waals surface area contributed by atoms with Crippen molar-refractivity contribution in [3.63, 3.8) is 0 Å². The van der Waals surface area contributed by atoms with Gasteiger partial charge in [0.05, 0.1) is 6.04 Å². The van der Waals surface area contributed by atoms with Crippen molar-refractivity contribution in [2.75, 3.05) is 0 Å². The van der Waals surface area contributed by atoms with E-state index in [1.165, 1.54) is 11.3 Å². The van der Waals surface area contributed by atoms with E-state index in [9.17, 15) is 14.7 Å². The second kappa shape index (κ2) is 6.85. The van der Waals surface area contributed by atoms with Gasteiger partial charge in [0.25, 0.3) is 0 Å². The number of aliphatic carboxylic acids is 1. The van der Waals surface area contributed by atoms with Crippen LogP contribution in [0.4, 0.5) is 4.79 Å². The van der Waals surface area contributed by atoms with Crippen molar-refractivity contribution < 1.29 is 14.7 Å². The molecule has 6 nitrogen and oxygen atoms in total. The zero-order chi connectivity index (χ0) is 15.2. The third-order valence-electron chi connectivity index (χ3n) is 2.82. The molecule has 2 aromatic rings. The zero-order valence-electron chi connectivity index (χ0n) is 11.3. The molecular formula is C14H15N3O3S. The highest BCUT2D eigenvalue weighted by Crippen LogP contribution is 2.16. The number of carboxylic acids is 1. The second-order valence-corrected chi connectivity index (χ2v) is 5.32. The summed E-state index contributed by atoms with van der Waals surface area (Å²) in [5.74, 6) is -1.11. The molecule has 0 saturated carbocycles. The van der Waals surface area contributed by atoms with E-state index in [1.807, 2.05) is 5.38 Å². The number of hydrogen-bond acceptors (Lipinski definition) is 4. The Morgan fingerprint density at radius 1 is 1.24 bits per heavy atom. The molecular weight excluding hydrogens is 290 g/mol. The number of carbonyl (C=O) groups is 2. The van der Waals surface area contributed by atoms with Gasteiger partial charge in [-0.25, -0.2) is 14.6 Å². The van der Waals surface area contributed by atoms with Gasteiger partial charge < -0.3 is 15.7 Å². The lowest BCUT2D eigenvalue weighted by Gasteiger charge is -2.17. The minimum absolute atomic E-state index is 0.282. The highest BCUT2D eigenvalue weighted by molar-refractivity contribution is 7.09. The van der Waals surface area contributed by atoms with Gasteiger partial charge >= 0.3 is 12.0 Å². The van der Waals surface area contributed by atoms with Gasteiger partial charge in [-0.05, 0) is 12.5 Å². The van der Waals surface area contributed by atoms with E-state index in [4.69, 9.17) is 0 Å². The number of rotatable bonds is 5. The number of hydrogen-bond donors (Lipinski definition) is 3. The Morgan fingerprint density at radius 3 is 2.52 bits per heavy atom. The lowest BCUT2D eigenvalue weighted by Crippen LogP contribution is -2.41. The minimum atomic E-state index is -1.11. The van der Waals surface area contributed by atoms with Crippen LogP contribution in [0.2, 0.25) is 0 Å². The van der Waals surface area contributed by atoms with Crippen LogP contribution in [0.1, 0.15) is 29.6 Å². The molecule has 1 aromatic carbocycles. The Morgan fingerprint density at radius 2 is 1.95 bits per heavy atom. The SMILES string of the molecule is CC(NC(=O)N[C@H](C(=O)O)c1ccccc1)c1nccs1. The standard InChI is InChI=1S/C14H15N3O3S/c1-9(12-15-7-8-21-12)16-14(20)17-11(13(18)19)10-5-3-2-4-6-10/h2-9,11H,1H3,(H,18,19)(H2,16,17,20)/t9?,11-/m0/s1. The summed E-state index contributed by atoms with van der Waals surface area (Å²) in [6.45, 7) is 1.79. The predicted molar refractivity (Wildman–Crippen MR) is 79.0 cm³/mol. The Balaban J connectivity index is 2.01. The fraction of sp³-hybridized carbons (Fsp3) is 0.214. The third kappa shape index (κ3) is 4.03. The molecule has 2 rings (SSSR count). The number of benzene rings is 1. The van der Waals surface area contributed by atoms with Crippen molar-refractivity contribution in [1.29, 1.82) is 0 Å². The molecule has 0 aliphatic rings. The van der Waals surface area contributed by atoms with Gasteiger partial charge in [0, 0.05) is 11.6 Å². The van der Waals surface area contributed by atoms with E-state index in [0.717, 1.165) is 5.01 Å². The van der Waals surface area contributed by atoms with Crippen molar-refractivity contribution in [1.82, 2.24) is 15.6 Å². The molecule has 0 saturated heterocycles. The van der Waals surface area contributed by atoms with E-state index in [-0.39, 0.29) is 6.04 Å². The van der Waals surface area contributed by atoms with Gasteiger partial charge in [0.2, 0.25) is 0 Å². The summed E-state index contributed by atoms with van der Waals surface area (Å²) < 4.78 is 0. The summed E-state index contributed by atoms with van der Waals surface area (Å²) in [4.78, 5) is 27.3. The summed E-state index contributed by atoms with van der Waals surface area (Å²) in [6, 6.07) is 6.63. The highest BCUT2D eigenvalue weighted by atomic mass is 32.1. The molecule has 3 N–H and O–H groups in total. The Labute approximate surface area is 125 Å². The molecule has 1 unspecified atom stereocenters. The molecule has 0 fully saturated rings. The van der Waals surface area contributed by atoms with Gasteiger partial charge in [0.15, 0.2) is 6.04 Å². The van der Waals surface area contributed by atoms with Crippen LogP contribution < -0.4 is 10.6 Å². The van der Waals surface area contributed by atoms with Crippen LogP contribution >= 0.6 is 11.3 Å². The van der Waals surface area contributed by atoms with E-state index >= 15 is 0 Å². The first-order chi connectivity index (χ1) is 10.1. The summed E-state index contributed by atoms with van der Waals surface area (Å²) in [5.41, 5.74) is 0.516. The Hall–Kier alpha value is -2.41. The zero-order valence-corrected chi connectivity index (χ0v) is 12.1. The maximum Gasteiger partial charge on any atom is 0.330 e.